The van der Waals surface area contributed by atoms with Crippen LogP contribution in [0.2, 0.25) is 0 Å². The second kappa shape index (κ2) is 8.90. The lowest BCUT2D eigenvalue weighted by Crippen LogP contribution is -2.59. The molecule has 7 nitrogen and oxygen atoms in total. The first-order valence-corrected chi connectivity index (χ1v) is 10.6. The molecule has 1 aromatic rings. The fraction of sp³-hybridized carbons (Fsp3) is 0.667. The second-order valence-electron chi connectivity index (χ2n) is 8.07. The Bertz CT molecular complexity index is 669. The van der Waals surface area contributed by atoms with Crippen molar-refractivity contribution < 1.29 is 14.3 Å². The lowest BCUT2D eigenvalue weighted by atomic mass is 10.0. The average Bonchev–Trinajstić information content (AvgIpc) is 3.25. The molecule has 3 fully saturated rings. The number of ether oxygens (including phenoxy) is 1. The summed E-state index contributed by atoms with van der Waals surface area (Å²) in [6.45, 7) is 2.91. The number of hydrogen-bond acceptors (Lipinski definition) is 5. The molecule has 152 valence electrons. The van der Waals surface area contributed by atoms with Crippen LogP contribution in [0.4, 0.5) is 0 Å². The Morgan fingerprint density at radius 3 is 2.68 bits per heavy atom. The van der Waals surface area contributed by atoms with E-state index in [9.17, 15) is 9.59 Å². The van der Waals surface area contributed by atoms with Crippen molar-refractivity contribution in [2.75, 3.05) is 26.2 Å². The van der Waals surface area contributed by atoms with E-state index in [0.717, 1.165) is 38.0 Å². The highest BCUT2D eigenvalue weighted by atomic mass is 16.5. The monoisotopic (exact) mass is 386 g/mol. The van der Waals surface area contributed by atoms with Gasteiger partial charge in [-0.1, -0.05) is 12.8 Å². The molecule has 0 unspecified atom stereocenters. The Kier molecular flexibility index (Phi) is 6.10. The summed E-state index contributed by atoms with van der Waals surface area (Å²) in [6.07, 6.45) is 10.2. The molecule has 0 radical (unpaired) electrons. The maximum Gasteiger partial charge on any atom is 0.237 e. The lowest BCUT2D eigenvalue weighted by molar-refractivity contribution is -0.141. The molecule has 1 aliphatic carbocycles. The Labute approximate surface area is 166 Å². The largest absolute Gasteiger partial charge is 0.489 e. The predicted octanol–water partition coefficient (Wildman–Crippen LogP) is 1.58. The third kappa shape index (κ3) is 4.46. The number of carbonyl (C=O) groups excluding carboxylic acids is 2. The van der Waals surface area contributed by atoms with E-state index in [-0.39, 0.29) is 30.4 Å². The number of nitrogens with zero attached hydrogens (tertiary/aromatic N) is 3. The zero-order chi connectivity index (χ0) is 19.3. The molecule has 7 heteroatoms. The van der Waals surface area contributed by atoms with Crippen molar-refractivity contribution in [2.24, 2.45) is 0 Å². The van der Waals surface area contributed by atoms with E-state index in [1.54, 1.807) is 12.4 Å². The molecule has 2 aliphatic heterocycles. The van der Waals surface area contributed by atoms with Crippen molar-refractivity contribution in [3.63, 3.8) is 0 Å². The Balaban J connectivity index is 1.30. The summed E-state index contributed by atoms with van der Waals surface area (Å²) in [5, 5.41) is 2.95. The van der Waals surface area contributed by atoms with E-state index in [0.29, 0.717) is 25.7 Å². The third-order valence-electron chi connectivity index (χ3n) is 6.27. The van der Waals surface area contributed by atoms with Crippen LogP contribution in [0.3, 0.4) is 0 Å². The smallest absolute Gasteiger partial charge is 0.237 e. The van der Waals surface area contributed by atoms with Crippen molar-refractivity contribution in [2.45, 2.75) is 63.1 Å². The van der Waals surface area contributed by atoms with Gasteiger partial charge in [0.2, 0.25) is 11.8 Å². The van der Waals surface area contributed by atoms with E-state index in [1.165, 1.54) is 12.8 Å². The number of carbonyl (C=O) groups is 2. The van der Waals surface area contributed by atoms with Crippen LogP contribution < -0.4 is 10.1 Å². The summed E-state index contributed by atoms with van der Waals surface area (Å²) >= 11 is 0. The first-order valence-electron chi connectivity index (χ1n) is 10.6. The fourth-order valence-electron chi connectivity index (χ4n) is 4.74. The van der Waals surface area contributed by atoms with Crippen LogP contribution in [-0.2, 0) is 9.59 Å². The molecule has 3 heterocycles. The molecule has 1 N–H and O–H groups in total. The number of hydrogen-bond donors (Lipinski definition) is 1. The number of aromatic nitrogens is 1. The first kappa shape index (κ1) is 19.2. The van der Waals surface area contributed by atoms with Crippen LogP contribution >= 0.6 is 0 Å². The highest BCUT2D eigenvalue weighted by Gasteiger charge is 2.38. The van der Waals surface area contributed by atoms with Gasteiger partial charge < -0.3 is 15.0 Å². The molecular weight excluding hydrogens is 356 g/mol. The molecule has 0 aromatic carbocycles. The number of nitrogens with one attached hydrogen (secondary N) is 1. The van der Waals surface area contributed by atoms with Gasteiger partial charge in [0.15, 0.2) is 0 Å². The summed E-state index contributed by atoms with van der Waals surface area (Å²) in [5.74, 6) is 0.879. The molecule has 28 heavy (non-hydrogen) atoms. The van der Waals surface area contributed by atoms with Crippen molar-refractivity contribution in [3.05, 3.63) is 24.5 Å². The van der Waals surface area contributed by atoms with Crippen LogP contribution in [0.5, 0.6) is 5.75 Å². The number of likely N-dealkylation sites (tertiary alicyclic amines) is 1. The molecule has 4 rings (SSSR count). The van der Waals surface area contributed by atoms with Crippen molar-refractivity contribution in [3.8, 4) is 5.75 Å². The molecule has 0 spiro atoms. The first-order chi connectivity index (χ1) is 13.7. The fourth-order valence-corrected chi connectivity index (χ4v) is 4.74. The molecule has 2 saturated heterocycles. The van der Waals surface area contributed by atoms with Crippen molar-refractivity contribution in [1.29, 1.82) is 0 Å². The predicted molar refractivity (Wildman–Crippen MR) is 105 cm³/mol. The molecule has 2 amide bonds. The minimum absolute atomic E-state index is 0.0151. The summed E-state index contributed by atoms with van der Waals surface area (Å²) < 4.78 is 5.96. The van der Waals surface area contributed by atoms with Gasteiger partial charge in [0.1, 0.15) is 11.9 Å². The van der Waals surface area contributed by atoms with Crippen molar-refractivity contribution >= 4 is 11.8 Å². The van der Waals surface area contributed by atoms with Gasteiger partial charge in [0.05, 0.1) is 18.7 Å². The van der Waals surface area contributed by atoms with Gasteiger partial charge >= 0.3 is 0 Å². The van der Waals surface area contributed by atoms with Crippen LogP contribution in [0, 0.1) is 0 Å². The maximum atomic E-state index is 12.9. The second-order valence-corrected chi connectivity index (χ2v) is 8.07. The number of piperazine rings is 1. The average molecular weight is 386 g/mol. The summed E-state index contributed by atoms with van der Waals surface area (Å²) in [4.78, 5) is 33.7. The van der Waals surface area contributed by atoms with Gasteiger partial charge in [-0.2, -0.15) is 0 Å². The highest BCUT2D eigenvalue weighted by Crippen LogP contribution is 2.27. The maximum absolute atomic E-state index is 12.9. The van der Waals surface area contributed by atoms with Gasteiger partial charge in [0.25, 0.3) is 0 Å². The summed E-state index contributed by atoms with van der Waals surface area (Å²) in [5.41, 5.74) is 0. The summed E-state index contributed by atoms with van der Waals surface area (Å²) in [7, 11) is 0. The molecule has 1 atom stereocenters. The van der Waals surface area contributed by atoms with E-state index >= 15 is 0 Å². The SMILES string of the molecule is O=C1NCCN(C2CCCC2)[C@H]1CC(=O)N1CCC(Oc2cccnc2)CC1. The van der Waals surface area contributed by atoms with Crippen LogP contribution in [0.15, 0.2) is 24.5 Å². The van der Waals surface area contributed by atoms with E-state index in [4.69, 9.17) is 4.74 Å². The minimum Gasteiger partial charge on any atom is -0.489 e. The van der Waals surface area contributed by atoms with Gasteiger partial charge in [-0.25, -0.2) is 0 Å². The number of pyridine rings is 1. The van der Waals surface area contributed by atoms with Gasteiger partial charge in [-0.15, -0.1) is 0 Å². The lowest BCUT2D eigenvalue weighted by Gasteiger charge is -2.40. The van der Waals surface area contributed by atoms with Crippen molar-refractivity contribution in [1.82, 2.24) is 20.1 Å². The number of rotatable bonds is 5. The number of piperidine rings is 1. The Morgan fingerprint density at radius 2 is 1.96 bits per heavy atom. The number of amides is 2. The van der Waals surface area contributed by atoms with Gasteiger partial charge in [0, 0.05) is 51.3 Å². The molecular formula is C21H30N4O3. The van der Waals surface area contributed by atoms with Crippen LogP contribution in [-0.4, -0.2) is 71.0 Å². The van der Waals surface area contributed by atoms with E-state index < -0.39 is 0 Å². The molecule has 0 bridgehead atoms. The standard InChI is InChI=1S/C21H30N4O3/c26-20(14-19-21(27)23-10-13-25(19)16-4-1-2-5-16)24-11-7-17(8-12-24)28-18-6-3-9-22-15-18/h3,6,9,15-17,19H,1-2,4-5,7-8,10-14H2,(H,23,27)/t19-/m0/s1. The third-order valence-corrected chi connectivity index (χ3v) is 6.27. The zero-order valence-electron chi connectivity index (χ0n) is 16.4. The zero-order valence-corrected chi connectivity index (χ0v) is 16.4. The van der Waals surface area contributed by atoms with Crippen LogP contribution in [0.1, 0.15) is 44.9 Å². The highest BCUT2D eigenvalue weighted by molar-refractivity contribution is 5.89. The normalized spacial score (nSPS) is 24.9. The minimum atomic E-state index is -0.311. The van der Waals surface area contributed by atoms with Crippen LogP contribution in [0.25, 0.3) is 0 Å². The molecule has 3 aliphatic rings. The Hall–Kier alpha value is -2.15. The van der Waals surface area contributed by atoms with Gasteiger partial charge in [-0.3, -0.25) is 19.5 Å². The molecule has 1 saturated carbocycles. The van der Waals surface area contributed by atoms with Gasteiger partial charge in [-0.05, 0) is 25.0 Å². The molecule has 1 aromatic heterocycles. The van der Waals surface area contributed by atoms with E-state index in [2.05, 4.69) is 15.2 Å². The van der Waals surface area contributed by atoms with E-state index in [1.807, 2.05) is 17.0 Å². The Morgan fingerprint density at radius 1 is 1.18 bits per heavy atom. The topological polar surface area (TPSA) is 74.8 Å². The quantitative estimate of drug-likeness (QED) is 0.832. The summed E-state index contributed by atoms with van der Waals surface area (Å²) in [6, 6.07) is 3.92.